The van der Waals surface area contributed by atoms with Gasteiger partial charge in [0.2, 0.25) is 0 Å². The van der Waals surface area contributed by atoms with Gasteiger partial charge in [-0.1, -0.05) is 19.8 Å². The first-order chi connectivity index (χ1) is 7.65. The van der Waals surface area contributed by atoms with E-state index in [4.69, 9.17) is 10.0 Å². The Morgan fingerprint density at radius 1 is 1.50 bits per heavy atom. The van der Waals surface area contributed by atoms with Crippen LogP contribution in [-0.2, 0) is 6.54 Å². The van der Waals surface area contributed by atoms with Gasteiger partial charge in [-0.05, 0) is 24.7 Å². The lowest BCUT2D eigenvalue weighted by molar-refractivity contribution is 0.250. The molecule has 5 heteroatoms. The van der Waals surface area contributed by atoms with Crippen molar-refractivity contribution in [3.63, 3.8) is 0 Å². The van der Waals surface area contributed by atoms with Crippen molar-refractivity contribution in [3.8, 4) is 0 Å². The van der Waals surface area contributed by atoms with Crippen LogP contribution in [0.2, 0.25) is 0 Å². The van der Waals surface area contributed by atoms with E-state index >= 15 is 0 Å². The fourth-order valence-electron chi connectivity index (χ4n) is 2.60. The predicted molar refractivity (Wildman–Crippen MR) is 63.2 cm³/mol. The zero-order valence-corrected chi connectivity index (χ0v) is 9.71. The van der Waals surface area contributed by atoms with E-state index in [9.17, 15) is 0 Å². The monoisotopic (exact) mass is 222 g/mol. The maximum atomic E-state index is 8.99. The van der Waals surface area contributed by atoms with Crippen molar-refractivity contribution in [1.82, 2.24) is 9.78 Å². The van der Waals surface area contributed by atoms with E-state index in [0.29, 0.717) is 11.4 Å². The fourth-order valence-corrected chi connectivity index (χ4v) is 2.60. The first-order valence-electron chi connectivity index (χ1n) is 6.03. The molecule has 0 aromatic carbocycles. The number of aromatic nitrogens is 2. The zero-order chi connectivity index (χ0) is 11.5. The predicted octanol–water partition coefficient (Wildman–Crippen LogP) is 0.389. The van der Waals surface area contributed by atoms with E-state index < -0.39 is 7.12 Å². The first-order valence-corrected chi connectivity index (χ1v) is 6.03. The summed E-state index contributed by atoms with van der Waals surface area (Å²) >= 11 is 0. The van der Waals surface area contributed by atoms with Crippen molar-refractivity contribution in [2.45, 2.75) is 39.2 Å². The second-order valence-electron chi connectivity index (χ2n) is 5.01. The van der Waals surface area contributed by atoms with Gasteiger partial charge in [0.15, 0.2) is 0 Å². The molecule has 0 amide bonds. The molecule has 2 rings (SSSR count). The lowest BCUT2D eigenvalue weighted by atomic mass is 9.82. The van der Waals surface area contributed by atoms with Crippen LogP contribution in [-0.4, -0.2) is 26.9 Å². The van der Waals surface area contributed by atoms with Crippen LogP contribution in [0, 0.1) is 11.8 Å². The highest BCUT2D eigenvalue weighted by molar-refractivity contribution is 6.58. The Morgan fingerprint density at radius 3 is 2.94 bits per heavy atom. The van der Waals surface area contributed by atoms with E-state index in [2.05, 4.69) is 12.0 Å². The zero-order valence-electron chi connectivity index (χ0n) is 9.71. The van der Waals surface area contributed by atoms with Crippen LogP contribution in [0.3, 0.4) is 0 Å². The Kier molecular flexibility index (Phi) is 3.66. The number of hydrogen-bond acceptors (Lipinski definition) is 3. The first kappa shape index (κ1) is 11.7. The number of rotatable bonds is 3. The molecule has 0 aliphatic heterocycles. The van der Waals surface area contributed by atoms with Gasteiger partial charge in [0, 0.05) is 24.4 Å². The molecular formula is C11H19BN2O2. The standard InChI is InChI=1S/C11H19BN2O2/c1-9-3-2-4-10(5-9)7-14-8-11(6-13-14)12(15)16/h6,8-10,15-16H,2-5,7H2,1H3. The van der Waals surface area contributed by atoms with Crippen molar-refractivity contribution >= 4 is 12.6 Å². The van der Waals surface area contributed by atoms with Crippen molar-refractivity contribution in [1.29, 1.82) is 0 Å². The smallest absolute Gasteiger partial charge is 0.423 e. The largest absolute Gasteiger partial charge is 0.491 e. The number of nitrogens with zero attached hydrogens (tertiary/aromatic N) is 2. The summed E-state index contributed by atoms with van der Waals surface area (Å²) in [5.74, 6) is 1.50. The topological polar surface area (TPSA) is 58.3 Å². The Hall–Kier alpha value is -0.805. The van der Waals surface area contributed by atoms with E-state index in [1.807, 2.05) is 4.68 Å². The minimum atomic E-state index is -1.40. The lowest BCUT2D eigenvalue weighted by Gasteiger charge is -2.26. The molecule has 1 aromatic rings. The Morgan fingerprint density at radius 2 is 2.31 bits per heavy atom. The van der Waals surface area contributed by atoms with Gasteiger partial charge >= 0.3 is 7.12 Å². The summed E-state index contributed by atoms with van der Waals surface area (Å²) in [6, 6.07) is 0. The average Bonchev–Trinajstić information content (AvgIpc) is 2.66. The quantitative estimate of drug-likeness (QED) is 0.727. The van der Waals surface area contributed by atoms with E-state index in [1.165, 1.54) is 31.9 Å². The van der Waals surface area contributed by atoms with Gasteiger partial charge in [0.25, 0.3) is 0 Å². The molecule has 0 bridgehead atoms. The molecule has 2 N–H and O–H groups in total. The van der Waals surface area contributed by atoms with E-state index in [-0.39, 0.29) is 0 Å². The second kappa shape index (κ2) is 5.02. The summed E-state index contributed by atoms with van der Waals surface area (Å²) in [7, 11) is -1.40. The van der Waals surface area contributed by atoms with Gasteiger partial charge in [-0.2, -0.15) is 5.10 Å². The van der Waals surface area contributed by atoms with Gasteiger partial charge in [-0.15, -0.1) is 0 Å². The molecule has 1 aromatic heterocycles. The fraction of sp³-hybridized carbons (Fsp3) is 0.727. The maximum Gasteiger partial charge on any atom is 0.491 e. The van der Waals surface area contributed by atoms with Gasteiger partial charge in [-0.25, -0.2) is 0 Å². The molecule has 4 nitrogen and oxygen atoms in total. The third kappa shape index (κ3) is 2.86. The molecule has 1 heterocycles. The highest BCUT2D eigenvalue weighted by Gasteiger charge is 2.20. The maximum absolute atomic E-state index is 8.99. The highest BCUT2D eigenvalue weighted by atomic mass is 16.4. The normalized spacial score (nSPS) is 25.7. The summed E-state index contributed by atoms with van der Waals surface area (Å²) in [6.07, 6.45) is 8.43. The molecule has 0 saturated heterocycles. The molecular weight excluding hydrogens is 203 g/mol. The van der Waals surface area contributed by atoms with Crippen LogP contribution in [0.4, 0.5) is 0 Å². The SMILES string of the molecule is CC1CCCC(Cn2cc(B(O)O)cn2)C1. The van der Waals surface area contributed by atoms with Crippen molar-refractivity contribution in [2.24, 2.45) is 11.8 Å². The minimum Gasteiger partial charge on any atom is -0.423 e. The average molecular weight is 222 g/mol. The molecule has 2 atom stereocenters. The minimum absolute atomic E-state index is 0.476. The van der Waals surface area contributed by atoms with Gasteiger partial charge in [0.1, 0.15) is 0 Å². The molecule has 88 valence electrons. The molecule has 1 fully saturated rings. The third-order valence-electron chi connectivity index (χ3n) is 3.44. The van der Waals surface area contributed by atoms with Crippen LogP contribution in [0.25, 0.3) is 0 Å². The van der Waals surface area contributed by atoms with Crippen LogP contribution < -0.4 is 5.46 Å². The molecule has 2 unspecified atom stereocenters. The van der Waals surface area contributed by atoms with Crippen LogP contribution in [0.15, 0.2) is 12.4 Å². The van der Waals surface area contributed by atoms with Crippen LogP contribution in [0.5, 0.6) is 0 Å². The molecule has 1 aliphatic rings. The van der Waals surface area contributed by atoms with Crippen molar-refractivity contribution in [2.75, 3.05) is 0 Å². The number of hydrogen-bond donors (Lipinski definition) is 2. The molecule has 0 spiro atoms. The van der Waals surface area contributed by atoms with E-state index in [1.54, 1.807) is 6.20 Å². The molecule has 1 saturated carbocycles. The van der Waals surface area contributed by atoms with Crippen LogP contribution in [0.1, 0.15) is 32.6 Å². The molecule has 1 aliphatic carbocycles. The summed E-state index contributed by atoms with van der Waals surface area (Å²) in [6.45, 7) is 3.20. The van der Waals surface area contributed by atoms with Gasteiger partial charge in [-0.3, -0.25) is 4.68 Å². The summed E-state index contributed by atoms with van der Waals surface area (Å²) in [5.41, 5.74) is 0.476. The molecule has 0 radical (unpaired) electrons. The second-order valence-corrected chi connectivity index (χ2v) is 5.01. The summed E-state index contributed by atoms with van der Waals surface area (Å²) in [4.78, 5) is 0. The Balaban J connectivity index is 1.92. The third-order valence-corrected chi connectivity index (χ3v) is 3.44. The summed E-state index contributed by atoms with van der Waals surface area (Å²) in [5, 5.41) is 22.1. The lowest BCUT2D eigenvalue weighted by Crippen LogP contribution is -2.28. The van der Waals surface area contributed by atoms with E-state index in [0.717, 1.165) is 12.5 Å². The van der Waals surface area contributed by atoms with Crippen molar-refractivity contribution < 1.29 is 10.0 Å². The van der Waals surface area contributed by atoms with Gasteiger partial charge < -0.3 is 10.0 Å². The Labute approximate surface area is 96.4 Å². The highest BCUT2D eigenvalue weighted by Crippen LogP contribution is 2.29. The van der Waals surface area contributed by atoms with Crippen LogP contribution >= 0.6 is 0 Å². The summed E-state index contributed by atoms with van der Waals surface area (Å²) < 4.78 is 1.83. The molecule has 16 heavy (non-hydrogen) atoms. The van der Waals surface area contributed by atoms with Gasteiger partial charge in [0.05, 0.1) is 0 Å². The Bertz CT molecular complexity index is 340. The van der Waals surface area contributed by atoms with Crippen molar-refractivity contribution in [3.05, 3.63) is 12.4 Å².